The van der Waals surface area contributed by atoms with Gasteiger partial charge in [-0.15, -0.1) is 0 Å². The van der Waals surface area contributed by atoms with Crippen LogP contribution in [-0.4, -0.2) is 23.6 Å². The maximum absolute atomic E-state index is 12.2. The normalized spacial score (nSPS) is 11.1. The van der Waals surface area contributed by atoms with Gasteiger partial charge in [-0.05, 0) is 74.2 Å². The standard InChI is InChI=1S/C19H17Br2NO4/c1-2-8-26-17-14(20)9-12(10-15(17)21)11-16(19(24)25)22-18(23)13-6-4-3-5-7-13/h3-7,9-11H,2,8H2,1H3,(H,22,23)(H,24,25). The summed E-state index contributed by atoms with van der Waals surface area (Å²) in [5.41, 5.74) is 0.753. The molecule has 0 aliphatic heterocycles. The van der Waals surface area contributed by atoms with E-state index in [1.165, 1.54) is 6.08 Å². The highest BCUT2D eigenvalue weighted by molar-refractivity contribution is 9.11. The minimum absolute atomic E-state index is 0.222. The molecule has 2 rings (SSSR count). The Kier molecular flexibility index (Phi) is 7.41. The highest BCUT2D eigenvalue weighted by Gasteiger charge is 2.14. The van der Waals surface area contributed by atoms with Gasteiger partial charge in [0.25, 0.3) is 5.91 Å². The third kappa shape index (κ3) is 5.44. The van der Waals surface area contributed by atoms with Gasteiger partial charge in [-0.25, -0.2) is 4.79 Å². The molecule has 0 spiro atoms. The van der Waals surface area contributed by atoms with Crippen molar-refractivity contribution in [1.82, 2.24) is 5.32 Å². The summed E-state index contributed by atoms with van der Waals surface area (Å²) in [6.45, 7) is 2.58. The van der Waals surface area contributed by atoms with Crippen LogP contribution in [0.2, 0.25) is 0 Å². The summed E-state index contributed by atoms with van der Waals surface area (Å²) < 4.78 is 7.02. The monoisotopic (exact) mass is 481 g/mol. The zero-order valence-corrected chi connectivity index (χ0v) is 17.1. The predicted molar refractivity (Wildman–Crippen MR) is 107 cm³/mol. The summed E-state index contributed by atoms with van der Waals surface area (Å²) in [6, 6.07) is 11.9. The van der Waals surface area contributed by atoms with Crippen molar-refractivity contribution in [3.8, 4) is 5.75 Å². The van der Waals surface area contributed by atoms with Gasteiger partial charge in [-0.2, -0.15) is 0 Å². The minimum Gasteiger partial charge on any atom is -0.491 e. The largest absolute Gasteiger partial charge is 0.491 e. The van der Waals surface area contributed by atoms with Crippen LogP contribution in [0.1, 0.15) is 29.3 Å². The summed E-state index contributed by atoms with van der Waals surface area (Å²) in [5.74, 6) is -1.07. The van der Waals surface area contributed by atoms with Gasteiger partial charge in [0.1, 0.15) is 11.4 Å². The van der Waals surface area contributed by atoms with E-state index in [1.807, 2.05) is 6.92 Å². The molecule has 0 unspecified atom stereocenters. The van der Waals surface area contributed by atoms with Crippen LogP contribution in [0.15, 0.2) is 57.1 Å². The van der Waals surface area contributed by atoms with Gasteiger partial charge in [-0.3, -0.25) is 4.79 Å². The van der Waals surface area contributed by atoms with E-state index >= 15 is 0 Å². The number of hydrogen-bond acceptors (Lipinski definition) is 3. The van der Waals surface area contributed by atoms with E-state index in [2.05, 4.69) is 37.2 Å². The van der Waals surface area contributed by atoms with Crippen LogP contribution in [-0.2, 0) is 4.79 Å². The average molecular weight is 483 g/mol. The number of carboxylic acid groups (broad SMARTS) is 1. The molecule has 0 heterocycles. The first-order chi connectivity index (χ1) is 12.4. The van der Waals surface area contributed by atoms with E-state index in [0.717, 1.165) is 6.42 Å². The van der Waals surface area contributed by atoms with Crippen LogP contribution >= 0.6 is 31.9 Å². The van der Waals surface area contributed by atoms with Crippen LogP contribution in [0.3, 0.4) is 0 Å². The van der Waals surface area contributed by atoms with Crippen molar-refractivity contribution in [3.63, 3.8) is 0 Å². The molecule has 0 aliphatic rings. The summed E-state index contributed by atoms with van der Waals surface area (Å²) in [7, 11) is 0. The summed E-state index contributed by atoms with van der Waals surface area (Å²) in [5, 5.41) is 11.8. The molecule has 2 aromatic carbocycles. The second-order valence-corrected chi connectivity index (χ2v) is 7.05. The Morgan fingerprint density at radius 2 is 1.77 bits per heavy atom. The maximum Gasteiger partial charge on any atom is 0.352 e. The molecular weight excluding hydrogens is 466 g/mol. The molecule has 0 bridgehead atoms. The van der Waals surface area contributed by atoms with Gasteiger partial charge in [0.2, 0.25) is 0 Å². The van der Waals surface area contributed by atoms with Gasteiger partial charge in [0.05, 0.1) is 15.6 Å². The number of carbonyl (C=O) groups is 2. The average Bonchev–Trinajstić information content (AvgIpc) is 2.61. The molecule has 2 N–H and O–H groups in total. The number of aliphatic carboxylic acids is 1. The highest BCUT2D eigenvalue weighted by Crippen LogP contribution is 2.35. The second kappa shape index (κ2) is 9.54. The van der Waals surface area contributed by atoms with Gasteiger partial charge >= 0.3 is 5.97 Å². The lowest BCUT2D eigenvalue weighted by atomic mass is 10.1. The Labute approximate surface area is 168 Å². The number of carboxylic acids is 1. The molecule has 1 amide bonds. The molecular formula is C19H17Br2NO4. The van der Waals surface area contributed by atoms with E-state index < -0.39 is 11.9 Å². The lowest BCUT2D eigenvalue weighted by Crippen LogP contribution is -2.27. The van der Waals surface area contributed by atoms with E-state index in [-0.39, 0.29) is 5.70 Å². The molecule has 26 heavy (non-hydrogen) atoms. The fraction of sp³-hybridized carbons (Fsp3) is 0.158. The van der Waals surface area contributed by atoms with Gasteiger partial charge < -0.3 is 15.2 Å². The van der Waals surface area contributed by atoms with Gasteiger partial charge in [0, 0.05) is 5.56 Å². The van der Waals surface area contributed by atoms with Crippen molar-refractivity contribution in [3.05, 3.63) is 68.2 Å². The van der Waals surface area contributed by atoms with Crippen molar-refractivity contribution in [2.45, 2.75) is 13.3 Å². The minimum atomic E-state index is -1.23. The number of halogens is 2. The molecule has 0 saturated carbocycles. The number of benzene rings is 2. The third-order valence-electron chi connectivity index (χ3n) is 3.30. The first-order valence-corrected chi connectivity index (χ1v) is 9.44. The highest BCUT2D eigenvalue weighted by atomic mass is 79.9. The Bertz CT molecular complexity index is 812. The molecule has 0 saturated heterocycles. The van der Waals surface area contributed by atoms with Crippen molar-refractivity contribution in [2.75, 3.05) is 6.61 Å². The smallest absolute Gasteiger partial charge is 0.352 e. The summed E-state index contributed by atoms with van der Waals surface area (Å²) in [4.78, 5) is 23.7. The number of carbonyl (C=O) groups excluding carboxylic acids is 1. The fourth-order valence-corrected chi connectivity index (χ4v) is 3.56. The van der Waals surface area contributed by atoms with Crippen LogP contribution < -0.4 is 10.1 Å². The summed E-state index contributed by atoms with van der Waals surface area (Å²) in [6.07, 6.45) is 2.26. The number of nitrogens with one attached hydrogen (secondary N) is 1. The van der Waals surface area contributed by atoms with Crippen LogP contribution in [0.5, 0.6) is 5.75 Å². The van der Waals surface area contributed by atoms with E-state index in [9.17, 15) is 14.7 Å². The van der Waals surface area contributed by atoms with Gasteiger partial charge in [0.15, 0.2) is 0 Å². The first-order valence-electron chi connectivity index (χ1n) is 7.85. The number of amides is 1. The third-order valence-corrected chi connectivity index (χ3v) is 4.47. The van der Waals surface area contributed by atoms with Crippen LogP contribution in [0.25, 0.3) is 6.08 Å². The lowest BCUT2D eigenvalue weighted by Gasteiger charge is -2.11. The van der Waals surface area contributed by atoms with Crippen molar-refractivity contribution >= 4 is 49.8 Å². The molecule has 0 radical (unpaired) electrons. The van der Waals surface area contributed by atoms with Crippen LogP contribution in [0.4, 0.5) is 0 Å². The number of hydrogen-bond donors (Lipinski definition) is 2. The van der Waals surface area contributed by atoms with Crippen molar-refractivity contribution < 1.29 is 19.4 Å². The lowest BCUT2D eigenvalue weighted by molar-refractivity contribution is -0.132. The Hall–Kier alpha value is -2.12. The van der Waals surface area contributed by atoms with E-state index in [0.29, 0.717) is 32.4 Å². The zero-order valence-electron chi connectivity index (χ0n) is 14.0. The molecule has 0 aromatic heterocycles. The van der Waals surface area contributed by atoms with Crippen LogP contribution in [0, 0.1) is 0 Å². The molecule has 0 aliphatic carbocycles. The first kappa shape index (κ1) is 20.2. The topological polar surface area (TPSA) is 75.6 Å². The molecule has 2 aromatic rings. The summed E-state index contributed by atoms with van der Waals surface area (Å²) >= 11 is 6.85. The van der Waals surface area contributed by atoms with Gasteiger partial charge in [-0.1, -0.05) is 25.1 Å². The zero-order chi connectivity index (χ0) is 19.1. The quantitative estimate of drug-likeness (QED) is 0.553. The number of rotatable bonds is 7. The SMILES string of the molecule is CCCOc1c(Br)cc(C=C(NC(=O)c2ccccc2)C(=O)O)cc1Br. The van der Waals surface area contributed by atoms with E-state index in [4.69, 9.17) is 4.74 Å². The molecule has 0 fully saturated rings. The molecule has 7 heteroatoms. The predicted octanol–water partition coefficient (Wildman–Crippen LogP) is 4.86. The maximum atomic E-state index is 12.2. The van der Waals surface area contributed by atoms with E-state index in [1.54, 1.807) is 42.5 Å². The molecule has 5 nitrogen and oxygen atoms in total. The molecule has 0 atom stereocenters. The fourth-order valence-electron chi connectivity index (χ4n) is 2.11. The van der Waals surface area contributed by atoms with Crippen molar-refractivity contribution in [1.29, 1.82) is 0 Å². The van der Waals surface area contributed by atoms with Crippen molar-refractivity contribution in [2.24, 2.45) is 0 Å². The Morgan fingerprint density at radius 1 is 1.15 bits per heavy atom. The Balaban J connectivity index is 2.28. The molecule has 136 valence electrons. The Morgan fingerprint density at radius 3 is 2.31 bits per heavy atom. The number of ether oxygens (including phenoxy) is 1. The second-order valence-electron chi connectivity index (χ2n) is 5.35.